The largest absolute Gasteiger partial charge is 0.366 e. The second-order valence-electron chi connectivity index (χ2n) is 2.49. The standard InChI is InChI=1S/C8H7N3O/c9-8(12)6-4-11-7-1-2-10-3-5(6)7/h1-4,11H,(H2,9,12). The van der Waals surface area contributed by atoms with E-state index < -0.39 is 5.91 Å². The van der Waals surface area contributed by atoms with E-state index in [2.05, 4.69) is 9.97 Å². The molecule has 0 aliphatic rings. The van der Waals surface area contributed by atoms with Crippen LogP contribution in [0.3, 0.4) is 0 Å². The summed E-state index contributed by atoms with van der Waals surface area (Å²) in [6.07, 6.45) is 4.87. The molecule has 3 N–H and O–H groups in total. The van der Waals surface area contributed by atoms with Crippen LogP contribution >= 0.6 is 0 Å². The summed E-state index contributed by atoms with van der Waals surface area (Å²) < 4.78 is 0. The molecule has 0 aliphatic carbocycles. The summed E-state index contributed by atoms with van der Waals surface area (Å²) in [7, 11) is 0. The van der Waals surface area contributed by atoms with E-state index in [1.165, 1.54) is 0 Å². The van der Waals surface area contributed by atoms with Crippen molar-refractivity contribution in [2.75, 3.05) is 0 Å². The Hall–Kier alpha value is -1.84. The zero-order valence-corrected chi connectivity index (χ0v) is 6.24. The van der Waals surface area contributed by atoms with E-state index in [0.717, 1.165) is 10.9 Å². The zero-order chi connectivity index (χ0) is 8.55. The van der Waals surface area contributed by atoms with E-state index in [9.17, 15) is 4.79 Å². The van der Waals surface area contributed by atoms with Crippen LogP contribution in [-0.4, -0.2) is 15.9 Å². The van der Waals surface area contributed by atoms with E-state index in [1.807, 2.05) is 0 Å². The molecule has 0 saturated carbocycles. The van der Waals surface area contributed by atoms with Gasteiger partial charge in [-0.3, -0.25) is 9.78 Å². The highest BCUT2D eigenvalue weighted by Gasteiger charge is 2.06. The number of fused-ring (bicyclic) bond motifs is 1. The molecule has 0 aliphatic heterocycles. The van der Waals surface area contributed by atoms with Gasteiger partial charge in [0.2, 0.25) is 0 Å². The van der Waals surface area contributed by atoms with Crippen LogP contribution in [-0.2, 0) is 0 Å². The number of hydrogen-bond donors (Lipinski definition) is 2. The van der Waals surface area contributed by atoms with Crippen LogP contribution in [0.5, 0.6) is 0 Å². The maximum Gasteiger partial charge on any atom is 0.250 e. The summed E-state index contributed by atoms with van der Waals surface area (Å²) in [6.45, 7) is 0. The van der Waals surface area contributed by atoms with Crippen LogP contribution < -0.4 is 5.73 Å². The maximum absolute atomic E-state index is 10.9. The summed E-state index contributed by atoms with van der Waals surface area (Å²) in [6, 6.07) is 1.79. The minimum absolute atomic E-state index is 0.436. The Morgan fingerprint density at radius 2 is 2.42 bits per heavy atom. The lowest BCUT2D eigenvalue weighted by molar-refractivity contribution is 0.100. The van der Waals surface area contributed by atoms with E-state index in [1.54, 1.807) is 24.7 Å². The summed E-state index contributed by atoms with van der Waals surface area (Å²) in [5.74, 6) is -0.436. The Morgan fingerprint density at radius 3 is 3.17 bits per heavy atom. The second kappa shape index (κ2) is 2.34. The number of carbonyl (C=O) groups is 1. The van der Waals surface area contributed by atoms with Gasteiger partial charge in [-0.25, -0.2) is 0 Å². The number of aromatic amines is 1. The Labute approximate surface area is 68.4 Å². The van der Waals surface area contributed by atoms with Gasteiger partial charge >= 0.3 is 0 Å². The summed E-state index contributed by atoms with van der Waals surface area (Å²) in [5.41, 5.74) is 6.50. The number of nitrogens with two attached hydrogens (primary N) is 1. The average molecular weight is 161 g/mol. The molecule has 12 heavy (non-hydrogen) atoms. The number of rotatable bonds is 1. The molecular weight excluding hydrogens is 154 g/mol. The topological polar surface area (TPSA) is 71.8 Å². The van der Waals surface area contributed by atoms with E-state index >= 15 is 0 Å². The first-order valence-electron chi connectivity index (χ1n) is 3.50. The predicted octanol–water partition coefficient (Wildman–Crippen LogP) is 0.662. The number of nitrogens with zero attached hydrogens (tertiary/aromatic N) is 1. The highest BCUT2D eigenvalue weighted by atomic mass is 16.1. The van der Waals surface area contributed by atoms with E-state index in [0.29, 0.717) is 5.56 Å². The second-order valence-corrected chi connectivity index (χ2v) is 2.49. The van der Waals surface area contributed by atoms with Gasteiger partial charge < -0.3 is 10.7 Å². The molecule has 4 heteroatoms. The Morgan fingerprint density at radius 1 is 1.58 bits per heavy atom. The third kappa shape index (κ3) is 0.852. The number of aromatic nitrogens is 2. The molecule has 2 heterocycles. The number of nitrogens with one attached hydrogen (secondary N) is 1. The number of pyridine rings is 1. The molecule has 0 radical (unpaired) electrons. The fourth-order valence-electron chi connectivity index (χ4n) is 1.17. The average Bonchev–Trinajstić information content (AvgIpc) is 2.47. The normalized spacial score (nSPS) is 10.3. The number of H-pyrrole nitrogens is 1. The Kier molecular flexibility index (Phi) is 1.33. The number of primary amides is 1. The van der Waals surface area contributed by atoms with Gasteiger partial charge in [-0.15, -0.1) is 0 Å². The lowest BCUT2D eigenvalue weighted by Gasteiger charge is -1.89. The van der Waals surface area contributed by atoms with Crippen LogP contribution in [0.25, 0.3) is 10.9 Å². The molecule has 0 fully saturated rings. The van der Waals surface area contributed by atoms with Gasteiger partial charge in [0.15, 0.2) is 0 Å². The molecule has 0 atom stereocenters. The van der Waals surface area contributed by atoms with Crippen molar-refractivity contribution in [3.63, 3.8) is 0 Å². The number of carbonyl (C=O) groups excluding carboxylic acids is 1. The van der Waals surface area contributed by atoms with Gasteiger partial charge in [0, 0.05) is 29.5 Å². The Balaban J connectivity index is 2.79. The van der Waals surface area contributed by atoms with Gasteiger partial charge in [0.25, 0.3) is 5.91 Å². The quantitative estimate of drug-likeness (QED) is 0.644. The van der Waals surface area contributed by atoms with Crippen LogP contribution in [0, 0.1) is 0 Å². The molecule has 0 aromatic carbocycles. The van der Waals surface area contributed by atoms with Crippen LogP contribution in [0.15, 0.2) is 24.7 Å². The van der Waals surface area contributed by atoms with Gasteiger partial charge in [0.1, 0.15) is 0 Å². The summed E-state index contributed by atoms with van der Waals surface area (Å²) >= 11 is 0. The van der Waals surface area contributed by atoms with Crippen molar-refractivity contribution in [3.05, 3.63) is 30.2 Å². The molecule has 4 nitrogen and oxygen atoms in total. The molecule has 2 rings (SSSR count). The minimum atomic E-state index is -0.436. The van der Waals surface area contributed by atoms with Crippen molar-refractivity contribution in [1.29, 1.82) is 0 Å². The zero-order valence-electron chi connectivity index (χ0n) is 6.24. The van der Waals surface area contributed by atoms with Crippen LogP contribution in [0.4, 0.5) is 0 Å². The van der Waals surface area contributed by atoms with Crippen molar-refractivity contribution in [2.24, 2.45) is 5.73 Å². The van der Waals surface area contributed by atoms with Crippen molar-refractivity contribution in [3.8, 4) is 0 Å². The molecule has 2 aromatic rings. The van der Waals surface area contributed by atoms with E-state index in [-0.39, 0.29) is 0 Å². The maximum atomic E-state index is 10.9. The van der Waals surface area contributed by atoms with Crippen LogP contribution in [0.1, 0.15) is 10.4 Å². The minimum Gasteiger partial charge on any atom is -0.366 e. The molecular formula is C8H7N3O. The predicted molar refractivity (Wildman–Crippen MR) is 44.6 cm³/mol. The third-order valence-corrected chi connectivity index (χ3v) is 1.75. The molecule has 0 bridgehead atoms. The SMILES string of the molecule is NC(=O)c1c[nH]c2ccncc12. The highest BCUT2D eigenvalue weighted by Crippen LogP contribution is 2.15. The monoisotopic (exact) mass is 161 g/mol. The Bertz CT molecular complexity index is 433. The first kappa shape index (κ1) is 6.84. The summed E-state index contributed by atoms with van der Waals surface area (Å²) in [5, 5.41) is 0.769. The molecule has 2 aromatic heterocycles. The molecule has 1 amide bonds. The fraction of sp³-hybridized carbons (Fsp3) is 0. The van der Waals surface area contributed by atoms with Crippen molar-refractivity contribution >= 4 is 16.8 Å². The summed E-state index contributed by atoms with van der Waals surface area (Å²) in [4.78, 5) is 17.7. The number of amides is 1. The first-order valence-corrected chi connectivity index (χ1v) is 3.50. The van der Waals surface area contributed by atoms with Gasteiger partial charge in [0.05, 0.1) is 5.56 Å². The van der Waals surface area contributed by atoms with Gasteiger partial charge in [-0.2, -0.15) is 0 Å². The fourth-order valence-corrected chi connectivity index (χ4v) is 1.17. The molecule has 60 valence electrons. The number of hydrogen-bond acceptors (Lipinski definition) is 2. The van der Waals surface area contributed by atoms with Gasteiger partial charge in [-0.1, -0.05) is 0 Å². The third-order valence-electron chi connectivity index (χ3n) is 1.75. The smallest absolute Gasteiger partial charge is 0.250 e. The van der Waals surface area contributed by atoms with Crippen molar-refractivity contribution in [2.45, 2.75) is 0 Å². The molecule has 0 spiro atoms. The lowest BCUT2D eigenvalue weighted by atomic mass is 10.2. The van der Waals surface area contributed by atoms with E-state index in [4.69, 9.17) is 5.73 Å². The first-order chi connectivity index (χ1) is 5.79. The van der Waals surface area contributed by atoms with Crippen molar-refractivity contribution in [1.82, 2.24) is 9.97 Å². The molecule has 0 unspecified atom stereocenters. The van der Waals surface area contributed by atoms with Crippen LogP contribution in [0.2, 0.25) is 0 Å². The lowest BCUT2D eigenvalue weighted by Crippen LogP contribution is -2.09. The highest BCUT2D eigenvalue weighted by molar-refractivity contribution is 6.05. The molecule has 0 saturated heterocycles. The van der Waals surface area contributed by atoms with Crippen molar-refractivity contribution < 1.29 is 4.79 Å². The van der Waals surface area contributed by atoms with Gasteiger partial charge in [-0.05, 0) is 6.07 Å².